The SMILES string of the molecule is CCCC1(C(=O)O)CCN(c2nc(Br)cs2)C1. The minimum absolute atomic E-state index is 0.576. The molecule has 1 fully saturated rings. The molecule has 2 heterocycles. The summed E-state index contributed by atoms with van der Waals surface area (Å²) in [5.41, 5.74) is -0.576. The first-order chi connectivity index (χ1) is 8.07. The Hall–Kier alpha value is -0.620. The Bertz CT molecular complexity index is 423. The third-order valence-corrected chi connectivity index (χ3v) is 4.88. The summed E-state index contributed by atoms with van der Waals surface area (Å²) in [5, 5.41) is 12.3. The first kappa shape index (κ1) is 12.8. The Labute approximate surface area is 113 Å². The molecule has 6 heteroatoms. The van der Waals surface area contributed by atoms with Crippen LogP contribution in [0.25, 0.3) is 0 Å². The zero-order chi connectivity index (χ0) is 12.5. The topological polar surface area (TPSA) is 53.4 Å². The second kappa shape index (κ2) is 4.94. The summed E-state index contributed by atoms with van der Waals surface area (Å²) in [6.07, 6.45) is 2.36. The van der Waals surface area contributed by atoms with Crippen LogP contribution in [0, 0.1) is 5.41 Å². The van der Waals surface area contributed by atoms with Gasteiger partial charge in [0.15, 0.2) is 5.13 Å². The fraction of sp³-hybridized carbons (Fsp3) is 0.636. The highest BCUT2D eigenvalue weighted by atomic mass is 79.9. The number of hydrogen-bond acceptors (Lipinski definition) is 4. The number of aromatic nitrogens is 1. The molecule has 94 valence electrons. The lowest BCUT2D eigenvalue weighted by Gasteiger charge is -2.23. The molecule has 1 atom stereocenters. The maximum atomic E-state index is 11.4. The van der Waals surface area contributed by atoms with E-state index < -0.39 is 11.4 Å². The summed E-state index contributed by atoms with van der Waals surface area (Å²) < 4.78 is 0.820. The Kier molecular flexibility index (Phi) is 3.73. The second-order valence-corrected chi connectivity index (χ2v) is 6.11. The number of rotatable bonds is 4. The molecule has 0 aromatic carbocycles. The molecule has 0 amide bonds. The van der Waals surface area contributed by atoms with E-state index in [4.69, 9.17) is 0 Å². The van der Waals surface area contributed by atoms with E-state index in [0.29, 0.717) is 13.0 Å². The van der Waals surface area contributed by atoms with Crippen LogP contribution >= 0.6 is 27.3 Å². The van der Waals surface area contributed by atoms with Gasteiger partial charge in [-0.3, -0.25) is 4.79 Å². The number of carboxylic acids is 1. The van der Waals surface area contributed by atoms with E-state index in [1.807, 2.05) is 12.3 Å². The van der Waals surface area contributed by atoms with Crippen molar-refractivity contribution in [2.75, 3.05) is 18.0 Å². The van der Waals surface area contributed by atoms with Crippen molar-refractivity contribution in [3.8, 4) is 0 Å². The molecular weight excluding hydrogens is 304 g/mol. The zero-order valence-electron chi connectivity index (χ0n) is 9.65. The maximum Gasteiger partial charge on any atom is 0.311 e. The van der Waals surface area contributed by atoms with Crippen molar-refractivity contribution in [2.24, 2.45) is 5.41 Å². The Morgan fingerprint density at radius 1 is 1.76 bits per heavy atom. The van der Waals surface area contributed by atoms with Gasteiger partial charge in [-0.1, -0.05) is 13.3 Å². The van der Waals surface area contributed by atoms with Crippen molar-refractivity contribution in [1.29, 1.82) is 0 Å². The lowest BCUT2D eigenvalue weighted by atomic mass is 9.83. The van der Waals surface area contributed by atoms with Gasteiger partial charge < -0.3 is 10.0 Å². The van der Waals surface area contributed by atoms with Crippen LogP contribution < -0.4 is 4.90 Å². The standard InChI is InChI=1S/C11H15BrN2O2S/c1-2-3-11(9(15)16)4-5-14(7-11)10-13-8(12)6-17-10/h6H,2-5,7H2,1H3,(H,15,16). The van der Waals surface area contributed by atoms with E-state index >= 15 is 0 Å². The first-order valence-electron chi connectivity index (χ1n) is 5.67. The van der Waals surface area contributed by atoms with Crippen LogP contribution in [0.15, 0.2) is 9.98 Å². The number of nitrogens with zero attached hydrogens (tertiary/aromatic N) is 2. The number of aliphatic carboxylic acids is 1. The normalized spacial score (nSPS) is 24.2. The predicted molar refractivity (Wildman–Crippen MR) is 71.6 cm³/mol. The van der Waals surface area contributed by atoms with E-state index in [1.54, 1.807) is 11.3 Å². The van der Waals surface area contributed by atoms with Gasteiger partial charge >= 0.3 is 5.97 Å². The molecule has 0 bridgehead atoms. The van der Waals surface area contributed by atoms with Crippen molar-refractivity contribution in [3.05, 3.63) is 9.98 Å². The van der Waals surface area contributed by atoms with Gasteiger partial charge in [-0.25, -0.2) is 4.98 Å². The van der Waals surface area contributed by atoms with Crippen LogP contribution in [0.1, 0.15) is 26.2 Å². The molecule has 1 saturated heterocycles. The number of thiazole rings is 1. The molecule has 0 saturated carbocycles. The van der Waals surface area contributed by atoms with Crippen LogP contribution in [0.2, 0.25) is 0 Å². The van der Waals surface area contributed by atoms with Crippen LogP contribution in [0.3, 0.4) is 0 Å². The van der Waals surface area contributed by atoms with Gasteiger partial charge in [0.05, 0.1) is 5.41 Å². The van der Waals surface area contributed by atoms with Gasteiger partial charge in [0, 0.05) is 18.5 Å². The molecule has 1 aromatic heterocycles. The molecule has 1 aliphatic heterocycles. The van der Waals surface area contributed by atoms with Crippen LogP contribution in [-0.4, -0.2) is 29.1 Å². The fourth-order valence-corrected chi connectivity index (χ4v) is 3.67. The smallest absolute Gasteiger partial charge is 0.311 e. The van der Waals surface area contributed by atoms with Gasteiger partial charge in [-0.05, 0) is 28.8 Å². The largest absolute Gasteiger partial charge is 0.481 e. The van der Waals surface area contributed by atoms with Crippen molar-refractivity contribution >= 4 is 38.4 Å². The van der Waals surface area contributed by atoms with Crippen LogP contribution in [0.5, 0.6) is 0 Å². The molecule has 1 aromatic rings. The van der Waals surface area contributed by atoms with Crippen molar-refractivity contribution in [2.45, 2.75) is 26.2 Å². The lowest BCUT2D eigenvalue weighted by molar-refractivity contribution is -0.148. The van der Waals surface area contributed by atoms with Crippen molar-refractivity contribution in [3.63, 3.8) is 0 Å². The second-order valence-electron chi connectivity index (χ2n) is 4.46. The minimum Gasteiger partial charge on any atom is -0.481 e. The summed E-state index contributed by atoms with van der Waals surface area (Å²) in [4.78, 5) is 17.9. The van der Waals surface area contributed by atoms with E-state index in [1.165, 1.54) is 0 Å². The van der Waals surface area contributed by atoms with Crippen molar-refractivity contribution in [1.82, 2.24) is 4.98 Å². The molecule has 1 aliphatic rings. The third kappa shape index (κ3) is 2.47. The quantitative estimate of drug-likeness (QED) is 0.927. The minimum atomic E-state index is -0.669. The third-order valence-electron chi connectivity index (χ3n) is 3.27. The highest BCUT2D eigenvalue weighted by molar-refractivity contribution is 9.10. The summed E-state index contributed by atoms with van der Waals surface area (Å²) >= 11 is 4.88. The highest BCUT2D eigenvalue weighted by Crippen LogP contribution is 2.38. The number of carboxylic acid groups (broad SMARTS) is 1. The van der Waals surface area contributed by atoms with E-state index in [2.05, 4.69) is 25.8 Å². The van der Waals surface area contributed by atoms with Crippen LogP contribution in [0.4, 0.5) is 5.13 Å². The van der Waals surface area contributed by atoms with Gasteiger partial charge in [0.1, 0.15) is 4.60 Å². The maximum absolute atomic E-state index is 11.4. The Morgan fingerprint density at radius 3 is 3.06 bits per heavy atom. The first-order valence-corrected chi connectivity index (χ1v) is 7.34. The molecule has 1 unspecified atom stereocenters. The molecular formula is C11H15BrN2O2S. The summed E-state index contributed by atoms with van der Waals surface area (Å²) in [6.45, 7) is 3.40. The van der Waals surface area contributed by atoms with E-state index in [-0.39, 0.29) is 0 Å². The summed E-state index contributed by atoms with van der Waals surface area (Å²) in [6, 6.07) is 0. The average molecular weight is 319 g/mol. The molecule has 4 nitrogen and oxygen atoms in total. The number of halogens is 1. The lowest BCUT2D eigenvalue weighted by Crippen LogP contribution is -2.34. The van der Waals surface area contributed by atoms with Gasteiger partial charge in [-0.2, -0.15) is 0 Å². The van der Waals surface area contributed by atoms with Gasteiger partial charge in [0.25, 0.3) is 0 Å². The highest BCUT2D eigenvalue weighted by Gasteiger charge is 2.44. The van der Waals surface area contributed by atoms with Gasteiger partial charge in [0.2, 0.25) is 0 Å². The number of hydrogen-bond donors (Lipinski definition) is 1. The average Bonchev–Trinajstić information content (AvgIpc) is 2.86. The monoisotopic (exact) mass is 318 g/mol. The summed E-state index contributed by atoms with van der Waals surface area (Å²) in [5.74, 6) is -0.669. The van der Waals surface area contributed by atoms with E-state index in [9.17, 15) is 9.90 Å². The Morgan fingerprint density at radius 2 is 2.53 bits per heavy atom. The molecule has 0 spiro atoms. The predicted octanol–water partition coefficient (Wildman–Crippen LogP) is 2.99. The van der Waals surface area contributed by atoms with Crippen LogP contribution in [-0.2, 0) is 4.79 Å². The Balaban J connectivity index is 2.14. The number of anilines is 1. The molecule has 2 rings (SSSR count). The fourth-order valence-electron chi connectivity index (χ4n) is 2.39. The molecule has 17 heavy (non-hydrogen) atoms. The summed E-state index contributed by atoms with van der Waals surface area (Å²) in [7, 11) is 0. The molecule has 0 aliphatic carbocycles. The van der Waals surface area contributed by atoms with Gasteiger partial charge in [-0.15, -0.1) is 11.3 Å². The van der Waals surface area contributed by atoms with Crippen molar-refractivity contribution < 1.29 is 9.90 Å². The zero-order valence-corrected chi connectivity index (χ0v) is 12.1. The van der Waals surface area contributed by atoms with E-state index in [0.717, 1.165) is 29.1 Å². The molecule has 0 radical (unpaired) electrons. The molecule has 1 N–H and O–H groups in total. The number of carbonyl (C=O) groups is 1.